The molecule has 3 rings (SSSR count). The standard InChI is InChI=1S/C15H18ClN5OS/c1-20(2)13-10(18-14(22)11-5-6-12(16)23-11)9-17-15(19-13)21-7-3-4-8-21/h5-6,9H,3-4,7-8H2,1-2H3,(H,18,22). The van der Waals surface area contributed by atoms with Gasteiger partial charge in [-0.1, -0.05) is 11.6 Å². The van der Waals surface area contributed by atoms with Gasteiger partial charge in [-0.25, -0.2) is 4.98 Å². The first kappa shape index (κ1) is 16.0. The molecule has 0 aromatic carbocycles. The molecule has 1 amide bonds. The fourth-order valence-corrected chi connectivity index (χ4v) is 3.42. The van der Waals surface area contributed by atoms with Crippen molar-refractivity contribution in [2.75, 3.05) is 42.3 Å². The van der Waals surface area contributed by atoms with Gasteiger partial charge in [-0.05, 0) is 25.0 Å². The molecule has 122 valence electrons. The number of aromatic nitrogens is 2. The Balaban J connectivity index is 1.84. The topological polar surface area (TPSA) is 61.4 Å². The lowest BCUT2D eigenvalue weighted by atomic mass is 10.4. The molecule has 2 aromatic heterocycles. The second-order valence-corrected chi connectivity index (χ2v) is 7.27. The molecule has 3 heterocycles. The van der Waals surface area contributed by atoms with Crippen LogP contribution in [0.3, 0.4) is 0 Å². The fourth-order valence-electron chi connectivity index (χ4n) is 2.48. The van der Waals surface area contributed by atoms with Crippen LogP contribution in [0.2, 0.25) is 4.34 Å². The highest BCUT2D eigenvalue weighted by atomic mass is 35.5. The molecule has 0 radical (unpaired) electrons. The van der Waals surface area contributed by atoms with Crippen molar-refractivity contribution in [3.05, 3.63) is 27.5 Å². The number of thiophene rings is 1. The minimum Gasteiger partial charge on any atom is -0.361 e. The Hall–Kier alpha value is -1.86. The van der Waals surface area contributed by atoms with Gasteiger partial charge in [-0.2, -0.15) is 4.98 Å². The minimum absolute atomic E-state index is 0.206. The Morgan fingerprint density at radius 2 is 2.09 bits per heavy atom. The maximum absolute atomic E-state index is 12.3. The second kappa shape index (κ2) is 6.72. The molecule has 6 nitrogen and oxygen atoms in total. The van der Waals surface area contributed by atoms with Gasteiger partial charge in [0, 0.05) is 27.2 Å². The van der Waals surface area contributed by atoms with E-state index in [4.69, 9.17) is 11.6 Å². The molecule has 0 aliphatic carbocycles. The molecule has 0 saturated carbocycles. The number of rotatable bonds is 4. The molecule has 1 aliphatic heterocycles. The van der Waals surface area contributed by atoms with Gasteiger partial charge < -0.3 is 15.1 Å². The number of hydrogen-bond acceptors (Lipinski definition) is 6. The van der Waals surface area contributed by atoms with E-state index < -0.39 is 0 Å². The molecule has 2 aromatic rings. The average Bonchev–Trinajstić information content (AvgIpc) is 3.18. The number of nitrogens with one attached hydrogen (secondary N) is 1. The van der Waals surface area contributed by atoms with Gasteiger partial charge in [0.15, 0.2) is 5.82 Å². The van der Waals surface area contributed by atoms with E-state index >= 15 is 0 Å². The highest BCUT2D eigenvalue weighted by molar-refractivity contribution is 7.18. The lowest BCUT2D eigenvalue weighted by Crippen LogP contribution is -2.23. The zero-order valence-corrected chi connectivity index (χ0v) is 14.6. The number of carbonyl (C=O) groups excluding carboxylic acids is 1. The second-order valence-electron chi connectivity index (χ2n) is 5.55. The zero-order chi connectivity index (χ0) is 16.4. The quantitative estimate of drug-likeness (QED) is 0.917. The summed E-state index contributed by atoms with van der Waals surface area (Å²) >= 11 is 7.13. The van der Waals surface area contributed by atoms with E-state index in [1.165, 1.54) is 11.3 Å². The third-order valence-corrected chi connectivity index (χ3v) is 4.84. The smallest absolute Gasteiger partial charge is 0.265 e. The first-order valence-corrected chi connectivity index (χ1v) is 8.60. The summed E-state index contributed by atoms with van der Waals surface area (Å²) in [6.07, 6.45) is 4.00. The molecule has 1 aliphatic rings. The largest absolute Gasteiger partial charge is 0.361 e. The highest BCUT2D eigenvalue weighted by Crippen LogP contribution is 2.27. The molecular formula is C15H18ClN5OS. The molecule has 0 spiro atoms. The van der Waals surface area contributed by atoms with Crippen molar-refractivity contribution in [3.8, 4) is 0 Å². The predicted octanol–water partition coefficient (Wildman–Crippen LogP) is 3.11. The number of nitrogens with zero attached hydrogens (tertiary/aromatic N) is 4. The van der Waals surface area contributed by atoms with Gasteiger partial charge in [-0.15, -0.1) is 11.3 Å². The zero-order valence-electron chi connectivity index (χ0n) is 13.0. The van der Waals surface area contributed by atoms with Gasteiger partial charge in [0.1, 0.15) is 5.69 Å². The van der Waals surface area contributed by atoms with Crippen molar-refractivity contribution >= 4 is 46.3 Å². The fraction of sp³-hybridized carbons (Fsp3) is 0.400. The molecule has 1 N–H and O–H groups in total. The monoisotopic (exact) mass is 351 g/mol. The Kier molecular flexibility index (Phi) is 4.68. The van der Waals surface area contributed by atoms with Gasteiger partial charge in [0.25, 0.3) is 5.91 Å². The van der Waals surface area contributed by atoms with Crippen molar-refractivity contribution < 1.29 is 4.79 Å². The minimum atomic E-state index is -0.206. The summed E-state index contributed by atoms with van der Waals surface area (Å²) in [6, 6.07) is 3.41. The lowest BCUT2D eigenvalue weighted by molar-refractivity contribution is 0.103. The van der Waals surface area contributed by atoms with Gasteiger partial charge in [0.2, 0.25) is 5.95 Å². The molecule has 0 bridgehead atoms. The number of hydrogen-bond donors (Lipinski definition) is 1. The molecule has 1 saturated heterocycles. The van der Waals surface area contributed by atoms with Crippen LogP contribution in [0.4, 0.5) is 17.5 Å². The summed E-state index contributed by atoms with van der Waals surface area (Å²) < 4.78 is 0.587. The van der Waals surface area contributed by atoms with E-state index in [0.29, 0.717) is 26.7 Å². The maximum Gasteiger partial charge on any atom is 0.265 e. The Bertz CT molecular complexity index is 712. The van der Waals surface area contributed by atoms with Crippen LogP contribution in [-0.2, 0) is 0 Å². The molecule has 1 fully saturated rings. The molecule has 23 heavy (non-hydrogen) atoms. The van der Waals surface area contributed by atoms with Crippen LogP contribution in [0.1, 0.15) is 22.5 Å². The van der Waals surface area contributed by atoms with E-state index in [0.717, 1.165) is 25.9 Å². The van der Waals surface area contributed by atoms with Crippen LogP contribution >= 0.6 is 22.9 Å². The molecule has 8 heteroatoms. The number of amides is 1. The summed E-state index contributed by atoms with van der Waals surface area (Å²) in [5, 5.41) is 2.87. The SMILES string of the molecule is CN(C)c1nc(N2CCCC2)ncc1NC(=O)c1ccc(Cl)s1. The molecule has 0 atom stereocenters. The van der Waals surface area contributed by atoms with E-state index in [9.17, 15) is 4.79 Å². The van der Waals surface area contributed by atoms with Crippen LogP contribution in [0.5, 0.6) is 0 Å². The summed E-state index contributed by atoms with van der Waals surface area (Å²) in [7, 11) is 3.79. The van der Waals surface area contributed by atoms with E-state index in [-0.39, 0.29) is 5.91 Å². The summed E-state index contributed by atoms with van der Waals surface area (Å²) in [6.45, 7) is 1.96. The predicted molar refractivity (Wildman–Crippen MR) is 95.1 cm³/mol. The highest BCUT2D eigenvalue weighted by Gasteiger charge is 2.19. The number of halogens is 1. The van der Waals surface area contributed by atoms with Crippen molar-refractivity contribution in [2.45, 2.75) is 12.8 Å². The first-order valence-electron chi connectivity index (χ1n) is 7.40. The lowest BCUT2D eigenvalue weighted by Gasteiger charge is -2.20. The third kappa shape index (κ3) is 3.56. The van der Waals surface area contributed by atoms with Crippen LogP contribution in [0.25, 0.3) is 0 Å². The molecular weight excluding hydrogens is 334 g/mol. The van der Waals surface area contributed by atoms with Crippen LogP contribution in [-0.4, -0.2) is 43.1 Å². The summed E-state index contributed by atoms with van der Waals surface area (Å²) in [5.41, 5.74) is 0.590. The van der Waals surface area contributed by atoms with Crippen molar-refractivity contribution in [1.29, 1.82) is 0 Å². The van der Waals surface area contributed by atoms with Crippen LogP contribution in [0, 0.1) is 0 Å². The Morgan fingerprint density at radius 3 is 2.70 bits per heavy atom. The number of carbonyl (C=O) groups is 1. The molecule has 0 unspecified atom stereocenters. The van der Waals surface area contributed by atoms with Gasteiger partial charge in [-0.3, -0.25) is 4.79 Å². The average molecular weight is 352 g/mol. The van der Waals surface area contributed by atoms with E-state index in [1.54, 1.807) is 18.3 Å². The van der Waals surface area contributed by atoms with Crippen LogP contribution in [0.15, 0.2) is 18.3 Å². The van der Waals surface area contributed by atoms with Crippen LogP contribution < -0.4 is 15.1 Å². The van der Waals surface area contributed by atoms with Gasteiger partial charge in [0.05, 0.1) is 15.4 Å². The third-order valence-electron chi connectivity index (χ3n) is 3.61. The van der Waals surface area contributed by atoms with Crippen molar-refractivity contribution in [2.24, 2.45) is 0 Å². The van der Waals surface area contributed by atoms with Gasteiger partial charge >= 0.3 is 0 Å². The Morgan fingerprint density at radius 1 is 1.35 bits per heavy atom. The first-order chi connectivity index (χ1) is 11.0. The maximum atomic E-state index is 12.3. The van der Waals surface area contributed by atoms with E-state index in [2.05, 4.69) is 20.2 Å². The van der Waals surface area contributed by atoms with Crippen molar-refractivity contribution in [1.82, 2.24) is 9.97 Å². The van der Waals surface area contributed by atoms with E-state index in [1.807, 2.05) is 19.0 Å². The normalized spacial score (nSPS) is 14.1. The van der Waals surface area contributed by atoms with Crippen molar-refractivity contribution in [3.63, 3.8) is 0 Å². The number of anilines is 3. The summed E-state index contributed by atoms with van der Waals surface area (Å²) in [5.74, 6) is 1.20. The summed E-state index contributed by atoms with van der Waals surface area (Å²) in [4.78, 5) is 25.9. The Labute approximate surface area is 144 Å².